The molecule has 4 rings (SSSR count). The summed E-state index contributed by atoms with van der Waals surface area (Å²) in [6.45, 7) is 4.01. The minimum atomic E-state index is -0.0616. The van der Waals surface area contributed by atoms with Gasteiger partial charge in [0.1, 0.15) is 5.75 Å². The van der Waals surface area contributed by atoms with Crippen LogP contribution in [0.2, 0.25) is 0 Å². The van der Waals surface area contributed by atoms with E-state index in [1.54, 1.807) is 7.11 Å². The molecule has 1 fully saturated rings. The van der Waals surface area contributed by atoms with Crippen LogP contribution >= 0.6 is 0 Å². The molecule has 2 aliphatic heterocycles. The number of amides is 2. The van der Waals surface area contributed by atoms with E-state index in [1.165, 1.54) is 11.3 Å². The lowest BCUT2D eigenvalue weighted by Gasteiger charge is -2.29. The summed E-state index contributed by atoms with van der Waals surface area (Å²) >= 11 is 0. The maximum Gasteiger partial charge on any atom is 0.321 e. The predicted molar refractivity (Wildman–Crippen MR) is 104 cm³/mol. The Morgan fingerprint density at radius 2 is 1.88 bits per heavy atom. The highest BCUT2D eigenvalue weighted by Crippen LogP contribution is 2.39. The first kappa shape index (κ1) is 16.7. The quantitative estimate of drug-likeness (QED) is 0.892. The molecule has 0 spiro atoms. The number of hydrogen-bond acceptors (Lipinski definition) is 4. The first-order valence-corrected chi connectivity index (χ1v) is 9.06. The molecule has 0 atom stereocenters. The van der Waals surface area contributed by atoms with Crippen LogP contribution in [0.15, 0.2) is 42.5 Å². The van der Waals surface area contributed by atoms with Crippen molar-refractivity contribution in [2.75, 3.05) is 50.1 Å². The van der Waals surface area contributed by atoms with E-state index in [4.69, 9.17) is 4.74 Å². The fraction of sp³-hybridized carbons (Fsp3) is 0.350. The second kappa shape index (κ2) is 7.25. The molecule has 0 aromatic heterocycles. The molecule has 6 nitrogen and oxygen atoms in total. The fourth-order valence-electron chi connectivity index (χ4n) is 3.63. The van der Waals surface area contributed by atoms with Gasteiger partial charge in [0, 0.05) is 44.5 Å². The number of piperazine rings is 1. The number of para-hydroxylation sites is 1. The number of urea groups is 1. The predicted octanol–water partition coefficient (Wildman–Crippen LogP) is 2.83. The number of methoxy groups -OCH3 is 1. The molecule has 136 valence electrons. The van der Waals surface area contributed by atoms with Crippen molar-refractivity contribution in [1.29, 1.82) is 0 Å². The van der Waals surface area contributed by atoms with Gasteiger partial charge in [0.2, 0.25) is 0 Å². The zero-order chi connectivity index (χ0) is 17.9. The van der Waals surface area contributed by atoms with Crippen molar-refractivity contribution in [3.8, 4) is 5.75 Å². The number of fused-ring (bicyclic) bond motifs is 1. The van der Waals surface area contributed by atoms with Crippen LogP contribution in [-0.2, 0) is 6.42 Å². The monoisotopic (exact) mass is 352 g/mol. The number of anilines is 3. The molecule has 0 aliphatic carbocycles. The van der Waals surface area contributed by atoms with E-state index in [9.17, 15) is 4.79 Å². The van der Waals surface area contributed by atoms with Crippen molar-refractivity contribution in [2.24, 2.45) is 0 Å². The molecule has 2 aliphatic rings. The molecule has 0 bridgehead atoms. The van der Waals surface area contributed by atoms with Gasteiger partial charge >= 0.3 is 6.03 Å². The average molecular weight is 352 g/mol. The summed E-state index contributed by atoms with van der Waals surface area (Å²) in [7, 11) is 1.64. The molecule has 2 heterocycles. The Morgan fingerprint density at radius 3 is 2.69 bits per heavy atom. The highest BCUT2D eigenvalue weighted by atomic mass is 16.5. The van der Waals surface area contributed by atoms with Crippen molar-refractivity contribution < 1.29 is 9.53 Å². The van der Waals surface area contributed by atoms with E-state index in [0.717, 1.165) is 56.3 Å². The molecule has 1 saturated heterocycles. The number of nitrogens with one attached hydrogen (secondary N) is 2. The van der Waals surface area contributed by atoms with Crippen LogP contribution in [0.5, 0.6) is 5.75 Å². The van der Waals surface area contributed by atoms with Gasteiger partial charge in [0.05, 0.1) is 18.5 Å². The molecular weight excluding hydrogens is 328 g/mol. The van der Waals surface area contributed by atoms with Crippen molar-refractivity contribution in [2.45, 2.75) is 6.42 Å². The highest BCUT2D eigenvalue weighted by Gasteiger charge is 2.24. The van der Waals surface area contributed by atoms with Crippen LogP contribution in [0.25, 0.3) is 0 Å². The largest absolute Gasteiger partial charge is 0.497 e. The van der Waals surface area contributed by atoms with E-state index < -0.39 is 0 Å². The van der Waals surface area contributed by atoms with E-state index in [2.05, 4.69) is 39.8 Å². The van der Waals surface area contributed by atoms with E-state index in [0.29, 0.717) is 0 Å². The van der Waals surface area contributed by atoms with Crippen molar-refractivity contribution in [3.05, 3.63) is 48.0 Å². The number of rotatable bonds is 3. The van der Waals surface area contributed by atoms with Gasteiger partial charge in [-0.1, -0.05) is 18.2 Å². The van der Waals surface area contributed by atoms with Gasteiger partial charge in [0.25, 0.3) is 0 Å². The summed E-state index contributed by atoms with van der Waals surface area (Å²) < 4.78 is 5.38. The molecule has 0 saturated carbocycles. The zero-order valence-electron chi connectivity index (χ0n) is 15.0. The Morgan fingerprint density at radius 1 is 1.08 bits per heavy atom. The maximum absolute atomic E-state index is 12.7. The Kier molecular flexibility index (Phi) is 4.67. The molecular formula is C20H24N4O2. The minimum Gasteiger partial charge on any atom is -0.497 e. The second-order valence-corrected chi connectivity index (χ2v) is 6.58. The Bertz CT molecular complexity index is 802. The number of carbonyl (C=O) groups is 1. The maximum atomic E-state index is 12.7. The zero-order valence-corrected chi connectivity index (χ0v) is 15.0. The summed E-state index contributed by atoms with van der Waals surface area (Å²) in [6, 6.07) is 14.2. The van der Waals surface area contributed by atoms with Gasteiger partial charge in [-0.15, -0.1) is 0 Å². The topological polar surface area (TPSA) is 56.8 Å². The standard InChI is InChI=1S/C20H24N4O2/c1-26-16-6-7-19(24-11-8-15-4-2-3-5-18(15)24)17(14-16)22-20(25)23-12-9-21-10-13-23/h2-7,14,21H,8-13H2,1H3,(H,22,25). The Labute approximate surface area is 153 Å². The molecule has 0 radical (unpaired) electrons. The second-order valence-electron chi connectivity index (χ2n) is 6.58. The van der Waals surface area contributed by atoms with Crippen molar-refractivity contribution in [1.82, 2.24) is 10.2 Å². The first-order chi connectivity index (χ1) is 12.8. The van der Waals surface area contributed by atoms with E-state index in [-0.39, 0.29) is 6.03 Å². The van der Waals surface area contributed by atoms with Crippen molar-refractivity contribution >= 4 is 23.1 Å². The molecule has 2 amide bonds. The number of ether oxygens (including phenoxy) is 1. The molecule has 2 aromatic rings. The molecule has 26 heavy (non-hydrogen) atoms. The third kappa shape index (κ3) is 3.20. The van der Waals surface area contributed by atoms with Gasteiger partial charge in [-0.25, -0.2) is 4.79 Å². The fourth-order valence-corrected chi connectivity index (χ4v) is 3.63. The van der Waals surface area contributed by atoms with Gasteiger partial charge in [-0.2, -0.15) is 0 Å². The third-order valence-electron chi connectivity index (χ3n) is 5.03. The number of nitrogens with zero attached hydrogens (tertiary/aromatic N) is 2. The van der Waals surface area contributed by atoms with Crippen LogP contribution in [0.3, 0.4) is 0 Å². The van der Waals surface area contributed by atoms with Gasteiger partial charge < -0.3 is 25.2 Å². The molecule has 2 N–H and O–H groups in total. The number of hydrogen-bond donors (Lipinski definition) is 2. The summed E-state index contributed by atoms with van der Waals surface area (Å²) in [5.41, 5.74) is 4.32. The summed E-state index contributed by atoms with van der Waals surface area (Å²) in [5, 5.41) is 6.37. The summed E-state index contributed by atoms with van der Waals surface area (Å²) in [4.78, 5) is 16.8. The SMILES string of the molecule is COc1ccc(N2CCc3ccccc32)c(NC(=O)N2CCNCC2)c1. The molecule has 6 heteroatoms. The van der Waals surface area contributed by atoms with Gasteiger partial charge in [-0.05, 0) is 30.2 Å². The van der Waals surface area contributed by atoms with Crippen LogP contribution < -0.4 is 20.3 Å². The lowest BCUT2D eigenvalue weighted by molar-refractivity contribution is 0.204. The lowest BCUT2D eigenvalue weighted by atomic mass is 10.1. The van der Waals surface area contributed by atoms with E-state index >= 15 is 0 Å². The minimum absolute atomic E-state index is 0.0616. The highest BCUT2D eigenvalue weighted by molar-refractivity contribution is 5.95. The lowest BCUT2D eigenvalue weighted by Crippen LogP contribution is -2.48. The Balaban J connectivity index is 1.64. The first-order valence-electron chi connectivity index (χ1n) is 9.06. The van der Waals surface area contributed by atoms with Crippen LogP contribution in [0.1, 0.15) is 5.56 Å². The van der Waals surface area contributed by atoms with Crippen LogP contribution in [-0.4, -0.2) is 50.8 Å². The van der Waals surface area contributed by atoms with Crippen LogP contribution in [0, 0.1) is 0 Å². The third-order valence-corrected chi connectivity index (χ3v) is 5.03. The summed E-state index contributed by atoms with van der Waals surface area (Å²) in [6.07, 6.45) is 1.01. The summed E-state index contributed by atoms with van der Waals surface area (Å²) in [5.74, 6) is 0.733. The molecule has 0 unspecified atom stereocenters. The molecule has 2 aromatic carbocycles. The number of carbonyl (C=O) groups excluding carboxylic acids is 1. The smallest absolute Gasteiger partial charge is 0.321 e. The average Bonchev–Trinajstić information content (AvgIpc) is 3.12. The van der Waals surface area contributed by atoms with Crippen molar-refractivity contribution in [3.63, 3.8) is 0 Å². The van der Waals surface area contributed by atoms with Gasteiger partial charge in [0.15, 0.2) is 0 Å². The normalized spacial score (nSPS) is 16.3. The van der Waals surface area contributed by atoms with E-state index in [1.807, 2.05) is 23.1 Å². The number of benzene rings is 2. The van der Waals surface area contributed by atoms with Crippen LogP contribution in [0.4, 0.5) is 21.9 Å². The van der Waals surface area contributed by atoms with Gasteiger partial charge in [-0.3, -0.25) is 0 Å². The Hall–Kier alpha value is -2.73.